The molecule has 0 amide bonds. The molecular weight excluding hydrogens is 180 g/mol. The summed E-state index contributed by atoms with van der Waals surface area (Å²) in [5, 5.41) is 10.1. The molecule has 0 N–H and O–H groups in total. The summed E-state index contributed by atoms with van der Waals surface area (Å²) in [6.45, 7) is 1.01. The number of carboxylic acids is 1. The largest absolute Gasteiger partial charge is 0.545 e. The summed E-state index contributed by atoms with van der Waals surface area (Å²) in [5.74, 6) is -1.57. The fourth-order valence-electron chi connectivity index (χ4n) is 1.39. The van der Waals surface area contributed by atoms with Gasteiger partial charge in [-0.25, -0.2) is 8.78 Å². The van der Waals surface area contributed by atoms with Crippen molar-refractivity contribution in [2.45, 2.75) is 19.3 Å². The number of likely N-dealkylation sites (tertiary alicyclic amines) is 1. The monoisotopic (exact) mass is 190 g/mol. The van der Waals surface area contributed by atoms with E-state index in [2.05, 4.69) is 0 Å². The predicted molar refractivity (Wildman–Crippen MR) is 39.9 cm³/mol. The summed E-state index contributed by atoms with van der Waals surface area (Å²) < 4.78 is 24.6. The van der Waals surface area contributed by atoms with Crippen LogP contribution in [0.15, 0.2) is 11.8 Å². The number of rotatable bonds is 3. The highest BCUT2D eigenvalue weighted by Gasteiger charge is 2.21. The maximum Gasteiger partial charge on any atom is 0.278 e. The van der Waals surface area contributed by atoms with E-state index in [1.54, 1.807) is 0 Å². The molecule has 0 saturated carbocycles. The van der Waals surface area contributed by atoms with Gasteiger partial charge in [-0.15, -0.1) is 0 Å². The molecule has 0 aromatic heterocycles. The van der Waals surface area contributed by atoms with Gasteiger partial charge in [0.15, 0.2) is 0 Å². The van der Waals surface area contributed by atoms with Gasteiger partial charge in [-0.05, 0) is 18.9 Å². The zero-order valence-electron chi connectivity index (χ0n) is 7.00. The summed E-state index contributed by atoms with van der Waals surface area (Å²) in [6, 6.07) is 0. The zero-order chi connectivity index (χ0) is 9.84. The average molecular weight is 190 g/mol. The third-order valence-electron chi connectivity index (χ3n) is 1.96. The molecule has 1 heterocycles. The standard InChI is InChI=1S/C8H11F2NO2/c9-8(10)6(5-7(12)13)11-3-1-2-4-11/h5,8H,1-4H2,(H,12,13)/p-1/b6-5-. The van der Waals surface area contributed by atoms with E-state index in [9.17, 15) is 18.7 Å². The Morgan fingerprint density at radius 2 is 1.92 bits per heavy atom. The van der Waals surface area contributed by atoms with Crippen LogP contribution in [-0.4, -0.2) is 30.4 Å². The van der Waals surface area contributed by atoms with Crippen molar-refractivity contribution in [1.29, 1.82) is 0 Å². The third kappa shape index (κ3) is 2.68. The van der Waals surface area contributed by atoms with Gasteiger partial charge in [0, 0.05) is 13.1 Å². The SMILES string of the molecule is O=C([O-])/C=C(/C(F)F)N1CCCC1. The van der Waals surface area contributed by atoms with E-state index in [-0.39, 0.29) is 0 Å². The van der Waals surface area contributed by atoms with Crippen LogP contribution in [0.25, 0.3) is 0 Å². The number of hydrogen-bond acceptors (Lipinski definition) is 3. The molecule has 1 aliphatic rings. The highest BCUT2D eigenvalue weighted by Crippen LogP contribution is 2.19. The number of halogens is 2. The minimum Gasteiger partial charge on any atom is -0.545 e. The summed E-state index contributed by atoms with van der Waals surface area (Å²) in [4.78, 5) is 11.5. The zero-order valence-corrected chi connectivity index (χ0v) is 7.00. The van der Waals surface area contributed by atoms with Crippen LogP contribution in [0.5, 0.6) is 0 Å². The summed E-state index contributed by atoms with van der Waals surface area (Å²) in [6.07, 6.45) is -0.597. The Hall–Kier alpha value is -1.13. The van der Waals surface area contributed by atoms with E-state index in [0.717, 1.165) is 12.8 Å². The van der Waals surface area contributed by atoms with E-state index in [4.69, 9.17) is 0 Å². The second-order valence-corrected chi connectivity index (χ2v) is 2.88. The number of alkyl halides is 2. The molecule has 1 rings (SSSR count). The second kappa shape index (κ2) is 4.20. The Morgan fingerprint density at radius 3 is 2.31 bits per heavy atom. The number of carboxylic acid groups (broad SMARTS) is 1. The lowest BCUT2D eigenvalue weighted by molar-refractivity contribution is -0.297. The summed E-state index contributed by atoms with van der Waals surface area (Å²) >= 11 is 0. The van der Waals surface area contributed by atoms with Gasteiger partial charge in [0.2, 0.25) is 0 Å². The summed E-state index contributed by atoms with van der Waals surface area (Å²) in [5.41, 5.74) is -0.433. The number of carbonyl (C=O) groups excluding carboxylic acids is 1. The maximum absolute atomic E-state index is 12.3. The smallest absolute Gasteiger partial charge is 0.278 e. The highest BCUT2D eigenvalue weighted by atomic mass is 19.3. The van der Waals surface area contributed by atoms with Gasteiger partial charge in [0.05, 0.1) is 11.7 Å². The molecule has 1 fully saturated rings. The molecule has 0 radical (unpaired) electrons. The lowest BCUT2D eigenvalue weighted by Gasteiger charge is -2.20. The summed E-state index contributed by atoms with van der Waals surface area (Å²) in [7, 11) is 0. The first-order valence-corrected chi connectivity index (χ1v) is 4.07. The van der Waals surface area contributed by atoms with Crippen LogP contribution < -0.4 is 5.11 Å². The van der Waals surface area contributed by atoms with Crippen molar-refractivity contribution in [3.8, 4) is 0 Å². The Kier molecular flexibility index (Phi) is 3.22. The fourth-order valence-corrected chi connectivity index (χ4v) is 1.39. The number of allylic oxidation sites excluding steroid dienone is 1. The first kappa shape index (κ1) is 9.95. The number of carbonyl (C=O) groups is 1. The molecule has 0 aromatic rings. The van der Waals surface area contributed by atoms with Gasteiger partial charge in [-0.3, -0.25) is 0 Å². The van der Waals surface area contributed by atoms with Gasteiger partial charge in [0.1, 0.15) is 0 Å². The van der Waals surface area contributed by atoms with E-state index in [1.807, 2.05) is 0 Å². The van der Waals surface area contributed by atoms with E-state index >= 15 is 0 Å². The molecule has 0 aromatic carbocycles. The Labute approximate surface area is 74.6 Å². The lowest BCUT2D eigenvalue weighted by atomic mass is 10.3. The van der Waals surface area contributed by atoms with Crippen LogP contribution >= 0.6 is 0 Å². The molecule has 5 heteroatoms. The third-order valence-corrected chi connectivity index (χ3v) is 1.96. The molecule has 0 bridgehead atoms. The van der Waals surface area contributed by atoms with E-state index < -0.39 is 18.1 Å². The number of aliphatic carboxylic acids is 1. The normalized spacial score (nSPS) is 18.4. The maximum atomic E-state index is 12.3. The fraction of sp³-hybridized carbons (Fsp3) is 0.625. The molecule has 13 heavy (non-hydrogen) atoms. The van der Waals surface area contributed by atoms with Gasteiger partial charge in [-0.2, -0.15) is 0 Å². The number of hydrogen-bond donors (Lipinski definition) is 0. The predicted octanol–water partition coefficient (Wildman–Crippen LogP) is -0.0189. The minimum atomic E-state index is -2.74. The van der Waals surface area contributed by atoms with Crippen LogP contribution in [0.4, 0.5) is 8.78 Å². The van der Waals surface area contributed by atoms with Gasteiger partial charge >= 0.3 is 0 Å². The van der Waals surface area contributed by atoms with Crippen LogP contribution in [0, 0.1) is 0 Å². The highest BCUT2D eigenvalue weighted by molar-refractivity contribution is 5.78. The van der Waals surface area contributed by atoms with Crippen molar-refractivity contribution < 1.29 is 18.7 Å². The number of nitrogens with zero attached hydrogens (tertiary/aromatic N) is 1. The molecular formula is C8H10F2NO2-. The van der Waals surface area contributed by atoms with E-state index in [1.165, 1.54) is 4.90 Å². The quantitative estimate of drug-likeness (QED) is 0.587. The molecule has 1 aliphatic heterocycles. The van der Waals surface area contributed by atoms with Gasteiger partial charge in [-0.1, -0.05) is 0 Å². The van der Waals surface area contributed by atoms with Gasteiger partial charge < -0.3 is 14.8 Å². The molecule has 0 atom stereocenters. The van der Waals surface area contributed by atoms with Crippen molar-refractivity contribution in [2.24, 2.45) is 0 Å². The first-order valence-electron chi connectivity index (χ1n) is 4.07. The van der Waals surface area contributed by atoms with Crippen LogP contribution in [0.2, 0.25) is 0 Å². The Balaban J connectivity index is 2.72. The molecule has 74 valence electrons. The first-order chi connectivity index (χ1) is 6.11. The van der Waals surface area contributed by atoms with Crippen LogP contribution in [0.1, 0.15) is 12.8 Å². The lowest BCUT2D eigenvalue weighted by Crippen LogP contribution is -2.28. The van der Waals surface area contributed by atoms with Crippen LogP contribution in [0.3, 0.4) is 0 Å². The molecule has 0 spiro atoms. The Morgan fingerprint density at radius 1 is 1.38 bits per heavy atom. The Bertz CT molecular complexity index is 222. The second-order valence-electron chi connectivity index (χ2n) is 2.88. The van der Waals surface area contributed by atoms with Crippen molar-refractivity contribution >= 4 is 5.97 Å². The van der Waals surface area contributed by atoms with Crippen molar-refractivity contribution in [3.63, 3.8) is 0 Å². The van der Waals surface area contributed by atoms with Gasteiger partial charge in [0.25, 0.3) is 6.43 Å². The minimum absolute atomic E-state index is 0.433. The average Bonchev–Trinajstić information content (AvgIpc) is 2.50. The van der Waals surface area contributed by atoms with Crippen molar-refractivity contribution in [1.82, 2.24) is 4.90 Å². The topological polar surface area (TPSA) is 43.4 Å². The van der Waals surface area contributed by atoms with Crippen molar-refractivity contribution in [2.75, 3.05) is 13.1 Å². The van der Waals surface area contributed by atoms with E-state index in [0.29, 0.717) is 19.2 Å². The van der Waals surface area contributed by atoms with Crippen molar-refractivity contribution in [3.05, 3.63) is 11.8 Å². The van der Waals surface area contributed by atoms with Crippen LogP contribution in [-0.2, 0) is 4.79 Å². The molecule has 3 nitrogen and oxygen atoms in total. The molecule has 0 unspecified atom stereocenters. The molecule has 0 aliphatic carbocycles. The molecule has 1 saturated heterocycles.